The van der Waals surface area contributed by atoms with Gasteiger partial charge in [-0.15, -0.1) is 0 Å². The Kier molecular flexibility index (Phi) is 3.10. The Hall–Kier alpha value is -1.55. The van der Waals surface area contributed by atoms with E-state index in [1.54, 1.807) is 29.2 Å². The van der Waals surface area contributed by atoms with E-state index in [9.17, 15) is 4.79 Å². The molecule has 0 bridgehead atoms. The number of para-hydroxylation sites is 1. The number of amides is 1. The van der Waals surface area contributed by atoms with E-state index in [1.807, 2.05) is 0 Å². The number of nitrogens with two attached hydrogens (primary N) is 1. The highest BCUT2D eigenvalue weighted by atomic mass is 16.3. The molecule has 1 aromatic carbocycles. The first-order valence-corrected chi connectivity index (χ1v) is 5.50. The standard InChI is InChI=1S/C12H16N2O2/c13-11-4-2-1-3-10(11)12(16)14(7-8-15)9-5-6-9/h1-4,9,15H,5-8,13H2. The molecule has 0 saturated heterocycles. The molecule has 3 N–H and O–H groups in total. The maximum absolute atomic E-state index is 12.2. The smallest absolute Gasteiger partial charge is 0.256 e. The zero-order chi connectivity index (χ0) is 11.5. The fourth-order valence-corrected chi connectivity index (χ4v) is 1.79. The molecule has 0 spiro atoms. The van der Waals surface area contributed by atoms with Gasteiger partial charge in [-0.3, -0.25) is 4.79 Å². The van der Waals surface area contributed by atoms with Gasteiger partial charge in [0.1, 0.15) is 0 Å². The van der Waals surface area contributed by atoms with Crippen LogP contribution in [0.3, 0.4) is 0 Å². The third-order valence-corrected chi connectivity index (χ3v) is 2.78. The van der Waals surface area contributed by atoms with E-state index in [4.69, 9.17) is 10.8 Å². The molecule has 1 amide bonds. The van der Waals surface area contributed by atoms with Crippen molar-refractivity contribution in [2.24, 2.45) is 0 Å². The second-order valence-corrected chi connectivity index (χ2v) is 4.04. The Balaban J connectivity index is 2.19. The van der Waals surface area contributed by atoms with Crippen molar-refractivity contribution in [1.82, 2.24) is 4.90 Å². The average molecular weight is 220 g/mol. The van der Waals surface area contributed by atoms with Crippen molar-refractivity contribution in [2.75, 3.05) is 18.9 Å². The molecule has 0 radical (unpaired) electrons. The molecule has 0 aromatic heterocycles. The molecule has 1 fully saturated rings. The number of carbonyl (C=O) groups excluding carboxylic acids is 1. The largest absolute Gasteiger partial charge is 0.398 e. The lowest BCUT2D eigenvalue weighted by molar-refractivity contribution is 0.0708. The lowest BCUT2D eigenvalue weighted by Gasteiger charge is -2.22. The van der Waals surface area contributed by atoms with Gasteiger partial charge in [-0.1, -0.05) is 12.1 Å². The summed E-state index contributed by atoms with van der Waals surface area (Å²) >= 11 is 0. The summed E-state index contributed by atoms with van der Waals surface area (Å²) in [4.78, 5) is 13.9. The minimum atomic E-state index is -0.0744. The van der Waals surface area contributed by atoms with Crippen LogP contribution in [0.2, 0.25) is 0 Å². The van der Waals surface area contributed by atoms with Gasteiger partial charge >= 0.3 is 0 Å². The highest BCUT2D eigenvalue weighted by Crippen LogP contribution is 2.28. The van der Waals surface area contributed by atoms with Gasteiger partial charge in [-0.05, 0) is 25.0 Å². The van der Waals surface area contributed by atoms with Crippen molar-refractivity contribution in [2.45, 2.75) is 18.9 Å². The van der Waals surface area contributed by atoms with Crippen molar-refractivity contribution >= 4 is 11.6 Å². The maximum atomic E-state index is 12.2. The van der Waals surface area contributed by atoms with Crippen LogP contribution in [0.5, 0.6) is 0 Å². The topological polar surface area (TPSA) is 66.6 Å². The Morgan fingerprint density at radius 1 is 1.44 bits per heavy atom. The van der Waals surface area contributed by atoms with Gasteiger partial charge in [0.25, 0.3) is 5.91 Å². The second kappa shape index (κ2) is 4.53. The van der Waals surface area contributed by atoms with Gasteiger partial charge in [0.05, 0.1) is 12.2 Å². The van der Waals surface area contributed by atoms with E-state index >= 15 is 0 Å². The van der Waals surface area contributed by atoms with Gasteiger partial charge in [-0.2, -0.15) is 0 Å². The molecular formula is C12H16N2O2. The molecule has 2 rings (SSSR count). The summed E-state index contributed by atoms with van der Waals surface area (Å²) < 4.78 is 0. The molecule has 4 nitrogen and oxygen atoms in total. The number of aliphatic hydroxyl groups excluding tert-OH is 1. The predicted octanol–water partition coefficient (Wildman–Crippen LogP) is 0.866. The van der Waals surface area contributed by atoms with Gasteiger partial charge in [0.15, 0.2) is 0 Å². The zero-order valence-corrected chi connectivity index (χ0v) is 9.10. The van der Waals surface area contributed by atoms with Gasteiger partial charge in [0, 0.05) is 18.3 Å². The van der Waals surface area contributed by atoms with E-state index in [0.29, 0.717) is 23.8 Å². The summed E-state index contributed by atoms with van der Waals surface area (Å²) in [6.45, 7) is 0.382. The van der Waals surface area contributed by atoms with Gasteiger partial charge in [0.2, 0.25) is 0 Å². The number of rotatable bonds is 4. The van der Waals surface area contributed by atoms with Crippen molar-refractivity contribution in [1.29, 1.82) is 0 Å². The van der Waals surface area contributed by atoms with Crippen LogP contribution in [0.1, 0.15) is 23.2 Å². The highest BCUT2D eigenvalue weighted by Gasteiger charge is 2.33. The Morgan fingerprint density at radius 3 is 2.69 bits per heavy atom. The first-order chi connectivity index (χ1) is 7.74. The lowest BCUT2D eigenvalue weighted by atomic mass is 10.1. The maximum Gasteiger partial charge on any atom is 0.256 e. The Morgan fingerprint density at radius 2 is 2.12 bits per heavy atom. The summed E-state index contributed by atoms with van der Waals surface area (Å²) in [5.41, 5.74) is 6.79. The van der Waals surface area contributed by atoms with E-state index in [0.717, 1.165) is 12.8 Å². The molecule has 0 unspecified atom stereocenters. The summed E-state index contributed by atoms with van der Waals surface area (Å²) in [7, 11) is 0. The first-order valence-electron chi connectivity index (χ1n) is 5.50. The van der Waals surface area contributed by atoms with Crippen LogP contribution < -0.4 is 5.73 Å². The highest BCUT2D eigenvalue weighted by molar-refractivity contribution is 5.99. The Labute approximate surface area is 94.7 Å². The van der Waals surface area contributed by atoms with Gasteiger partial charge in [-0.25, -0.2) is 0 Å². The molecule has 0 heterocycles. The van der Waals surface area contributed by atoms with Crippen LogP contribution in [-0.2, 0) is 0 Å². The summed E-state index contributed by atoms with van der Waals surface area (Å²) in [6.07, 6.45) is 2.05. The number of hydrogen-bond acceptors (Lipinski definition) is 3. The summed E-state index contributed by atoms with van der Waals surface area (Å²) in [6, 6.07) is 7.34. The van der Waals surface area contributed by atoms with Crippen LogP contribution in [0, 0.1) is 0 Å². The van der Waals surface area contributed by atoms with Crippen molar-refractivity contribution in [3.8, 4) is 0 Å². The van der Waals surface area contributed by atoms with Crippen LogP contribution in [0.15, 0.2) is 24.3 Å². The lowest BCUT2D eigenvalue weighted by Crippen LogP contribution is -2.35. The van der Waals surface area contributed by atoms with Crippen LogP contribution in [-0.4, -0.2) is 35.1 Å². The predicted molar refractivity (Wildman–Crippen MR) is 62.0 cm³/mol. The zero-order valence-electron chi connectivity index (χ0n) is 9.10. The number of aliphatic hydroxyl groups is 1. The number of nitrogens with zero attached hydrogens (tertiary/aromatic N) is 1. The molecule has 1 saturated carbocycles. The SMILES string of the molecule is Nc1ccccc1C(=O)N(CCO)C1CC1. The number of benzene rings is 1. The molecule has 1 aliphatic carbocycles. The summed E-state index contributed by atoms with van der Waals surface area (Å²) in [5.74, 6) is -0.0744. The fraction of sp³-hybridized carbons (Fsp3) is 0.417. The van der Waals surface area contributed by atoms with Crippen molar-refractivity contribution in [3.05, 3.63) is 29.8 Å². The third-order valence-electron chi connectivity index (χ3n) is 2.78. The molecule has 4 heteroatoms. The van der Waals surface area contributed by atoms with Gasteiger partial charge < -0.3 is 15.7 Å². The minimum Gasteiger partial charge on any atom is -0.398 e. The molecule has 1 aliphatic rings. The van der Waals surface area contributed by atoms with Crippen molar-refractivity contribution in [3.63, 3.8) is 0 Å². The minimum absolute atomic E-state index is 0.00498. The van der Waals surface area contributed by atoms with Crippen LogP contribution in [0.4, 0.5) is 5.69 Å². The first kappa shape index (κ1) is 11.0. The molecule has 0 aliphatic heterocycles. The normalized spacial score (nSPS) is 14.8. The van der Waals surface area contributed by atoms with Crippen LogP contribution >= 0.6 is 0 Å². The van der Waals surface area contributed by atoms with E-state index in [2.05, 4.69) is 0 Å². The fourth-order valence-electron chi connectivity index (χ4n) is 1.79. The number of carbonyl (C=O) groups is 1. The third kappa shape index (κ3) is 2.17. The van der Waals surface area contributed by atoms with E-state index < -0.39 is 0 Å². The number of hydrogen-bond donors (Lipinski definition) is 2. The molecule has 16 heavy (non-hydrogen) atoms. The number of anilines is 1. The Bertz CT molecular complexity index is 388. The molecule has 86 valence electrons. The monoisotopic (exact) mass is 220 g/mol. The molecule has 0 atom stereocenters. The summed E-state index contributed by atoms with van der Waals surface area (Å²) in [5, 5.41) is 8.95. The molecule has 1 aromatic rings. The second-order valence-electron chi connectivity index (χ2n) is 4.04. The van der Waals surface area contributed by atoms with E-state index in [-0.39, 0.29) is 12.5 Å². The van der Waals surface area contributed by atoms with Crippen molar-refractivity contribution < 1.29 is 9.90 Å². The molecular weight excluding hydrogens is 204 g/mol. The average Bonchev–Trinajstić information content (AvgIpc) is 3.09. The quantitative estimate of drug-likeness (QED) is 0.740. The number of nitrogen functional groups attached to an aromatic ring is 1. The van der Waals surface area contributed by atoms with Crippen LogP contribution in [0.25, 0.3) is 0 Å². The van der Waals surface area contributed by atoms with E-state index in [1.165, 1.54) is 0 Å².